The second kappa shape index (κ2) is 15.5. The van der Waals surface area contributed by atoms with E-state index < -0.39 is 5.97 Å². The van der Waals surface area contributed by atoms with E-state index in [4.69, 9.17) is 48.6 Å². The first-order valence-corrected chi connectivity index (χ1v) is 19.0. The molecule has 3 N–H and O–H groups in total. The van der Waals surface area contributed by atoms with Crippen LogP contribution in [0, 0.1) is 18.8 Å². The van der Waals surface area contributed by atoms with E-state index in [0.29, 0.717) is 60.5 Å². The van der Waals surface area contributed by atoms with Crippen LogP contribution in [0.1, 0.15) is 46.7 Å². The number of piperidine rings is 1. The topological polar surface area (TPSA) is 135 Å². The number of amides is 1. The third-order valence-corrected chi connectivity index (χ3v) is 12.1. The molecule has 7 rings (SSSR count). The average molecular weight is 760 g/mol. The fraction of sp³-hybridized carbons (Fsp3) is 0.359. The number of primary amides is 1. The number of nitrogens with zero attached hydrogens (tertiary/aromatic N) is 5. The predicted octanol–water partition coefficient (Wildman–Crippen LogP) is 7.24. The first-order valence-electron chi connectivity index (χ1n) is 17.4. The van der Waals surface area contributed by atoms with Crippen molar-refractivity contribution in [3.8, 4) is 28.3 Å². The molecule has 1 amide bonds. The normalized spacial score (nSPS) is 17.2. The summed E-state index contributed by atoms with van der Waals surface area (Å²) in [4.78, 5) is 42.2. The molecule has 3 aromatic heterocycles. The van der Waals surface area contributed by atoms with E-state index in [-0.39, 0.29) is 17.7 Å². The lowest BCUT2D eigenvalue weighted by molar-refractivity contribution is -0.143. The Morgan fingerprint density at radius 2 is 1.63 bits per heavy atom. The number of hydrogen-bond acceptors (Lipinski definition) is 9. The molecular weight excluding hydrogens is 719 g/mol. The number of aryl methyl sites for hydroxylation is 1. The zero-order chi connectivity index (χ0) is 36.5. The minimum Gasteiger partial charge on any atom is -0.481 e. The monoisotopic (exact) mass is 758 g/mol. The highest BCUT2D eigenvalue weighted by Crippen LogP contribution is 2.41. The molecule has 0 bridgehead atoms. The number of carboxylic acids is 1. The summed E-state index contributed by atoms with van der Waals surface area (Å²) in [5.41, 5.74) is 13.2. The number of methoxy groups -OCH3 is 1. The van der Waals surface area contributed by atoms with Crippen molar-refractivity contribution in [2.45, 2.75) is 45.7 Å². The van der Waals surface area contributed by atoms with E-state index in [1.807, 2.05) is 61.7 Å². The van der Waals surface area contributed by atoms with E-state index in [1.165, 1.54) is 0 Å². The SMILES string of the molecule is COc1nc(-c2cccc(-c3cccc(Cc4nccc5sc(CN6CCC(C(=O)O)CC6)nc45)c3Cl)c2Cl)cc(C)c1CN1CCC(C(N)=O)C1. The summed E-state index contributed by atoms with van der Waals surface area (Å²) in [5, 5.41) is 11.5. The van der Waals surface area contributed by atoms with Gasteiger partial charge in [0, 0.05) is 48.0 Å². The van der Waals surface area contributed by atoms with Crippen LogP contribution in [-0.4, -0.2) is 75.0 Å². The molecule has 2 fully saturated rings. The molecule has 270 valence electrons. The van der Waals surface area contributed by atoms with Gasteiger partial charge in [0.05, 0.1) is 51.6 Å². The van der Waals surface area contributed by atoms with Crippen LogP contribution in [0.2, 0.25) is 10.0 Å². The number of likely N-dealkylation sites (tertiary alicyclic amines) is 2. The summed E-state index contributed by atoms with van der Waals surface area (Å²) in [6.07, 6.45) is 4.37. The number of aromatic nitrogens is 3. The van der Waals surface area contributed by atoms with Crippen LogP contribution in [-0.2, 0) is 29.1 Å². The number of pyridine rings is 2. The van der Waals surface area contributed by atoms with Crippen LogP contribution in [0.4, 0.5) is 0 Å². The summed E-state index contributed by atoms with van der Waals surface area (Å²) in [5.74, 6) is -0.840. The summed E-state index contributed by atoms with van der Waals surface area (Å²) in [6.45, 7) is 6.25. The molecule has 0 radical (unpaired) electrons. The number of fused-ring (bicyclic) bond motifs is 1. The van der Waals surface area contributed by atoms with Crippen LogP contribution in [0.25, 0.3) is 32.6 Å². The smallest absolute Gasteiger partial charge is 0.306 e. The first-order chi connectivity index (χ1) is 25.1. The first kappa shape index (κ1) is 36.2. The number of thiazole rings is 1. The Morgan fingerprint density at radius 3 is 2.35 bits per heavy atom. The van der Waals surface area contributed by atoms with Gasteiger partial charge in [-0.3, -0.25) is 24.4 Å². The lowest BCUT2D eigenvalue weighted by atomic mass is 9.97. The quantitative estimate of drug-likeness (QED) is 0.143. The average Bonchev–Trinajstić information content (AvgIpc) is 3.78. The van der Waals surface area contributed by atoms with Crippen LogP contribution >= 0.6 is 34.5 Å². The molecule has 1 atom stereocenters. The number of carbonyl (C=O) groups excluding carboxylic acids is 1. The molecule has 0 aliphatic carbocycles. The molecule has 5 aromatic rings. The Bertz CT molecular complexity index is 2150. The number of carbonyl (C=O) groups is 2. The van der Waals surface area contributed by atoms with Gasteiger partial charge in [0.25, 0.3) is 0 Å². The maximum absolute atomic E-state index is 11.7. The van der Waals surface area contributed by atoms with Crippen LogP contribution in [0.3, 0.4) is 0 Å². The number of halogens is 2. The Morgan fingerprint density at radius 1 is 0.942 bits per heavy atom. The number of ether oxygens (including phenoxy) is 1. The molecule has 2 aromatic carbocycles. The Balaban J connectivity index is 1.13. The zero-order valence-corrected chi connectivity index (χ0v) is 31.4. The van der Waals surface area contributed by atoms with Gasteiger partial charge in [0.1, 0.15) is 10.5 Å². The molecule has 13 heteroatoms. The Kier molecular flexibility index (Phi) is 10.8. The van der Waals surface area contributed by atoms with Gasteiger partial charge in [-0.1, -0.05) is 59.6 Å². The molecule has 2 aliphatic heterocycles. The van der Waals surface area contributed by atoms with Gasteiger partial charge >= 0.3 is 5.97 Å². The maximum atomic E-state index is 11.7. The third kappa shape index (κ3) is 7.51. The van der Waals surface area contributed by atoms with Crippen molar-refractivity contribution in [1.82, 2.24) is 24.8 Å². The summed E-state index contributed by atoms with van der Waals surface area (Å²) in [6, 6.07) is 15.8. The van der Waals surface area contributed by atoms with Crippen molar-refractivity contribution in [2.24, 2.45) is 17.6 Å². The standard InChI is InChI=1S/C39H40Cl2N6O4S/c1-22-17-30(44-38(51-2)29(22)20-47-16-12-25(19-47)37(42)48)28-8-4-7-27(35(28)41)26-6-3-5-24(34(26)40)18-31-36-32(9-13-43-31)52-33(45-36)21-46-14-10-23(11-15-46)39(49)50/h3-9,13,17,23,25H,10-12,14-16,18-21H2,1-2H3,(H2,42,48)(H,49,50). The Labute approximate surface area is 316 Å². The second-order valence-electron chi connectivity index (χ2n) is 13.7. The van der Waals surface area contributed by atoms with Crippen molar-refractivity contribution in [3.05, 3.63) is 92.2 Å². The fourth-order valence-electron chi connectivity index (χ4n) is 7.32. The van der Waals surface area contributed by atoms with Gasteiger partial charge in [-0.05, 0) is 69.1 Å². The van der Waals surface area contributed by atoms with Crippen molar-refractivity contribution < 1.29 is 19.4 Å². The van der Waals surface area contributed by atoms with Crippen LogP contribution < -0.4 is 10.5 Å². The number of benzene rings is 2. The van der Waals surface area contributed by atoms with E-state index in [2.05, 4.69) is 9.80 Å². The molecule has 52 heavy (non-hydrogen) atoms. The van der Waals surface area contributed by atoms with Crippen molar-refractivity contribution in [2.75, 3.05) is 33.3 Å². The minimum atomic E-state index is -0.706. The fourth-order valence-corrected chi connectivity index (χ4v) is 8.97. The maximum Gasteiger partial charge on any atom is 0.306 e. The molecule has 2 saturated heterocycles. The third-order valence-electron chi connectivity index (χ3n) is 10.3. The van der Waals surface area contributed by atoms with Gasteiger partial charge in [0.2, 0.25) is 11.8 Å². The summed E-state index contributed by atoms with van der Waals surface area (Å²) in [7, 11) is 1.61. The number of nitrogens with two attached hydrogens (primary N) is 1. The van der Waals surface area contributed by atoms with Gasteiger partial charge in [-0.2, -0.15) is 0 Å². The lowest BCUT2D eigenvalue weighted by Gasteiger charge is -2.29. The Hall–Kier alpha value is -4.13. The highest BCUT2D eigenvalue weighted by Gasteiger charge is 2.29. The predicted molar refractivity (Wildman–Crippen MR) is 205 cm³/mol. The minimum absolute atomic E-state index is 0.136. The van der Waals surface area contributed by atoms with E-state index in [0.717, 1.165) is 80.4 Å². The van der Waals surface area contributed by atoms with E-state index in [9.17, 15) is 14.7 Å². The number of rotatable bonds is 11. The van der Waals surface area contributed by atoms with Crippen LogP contribution in [0.5, 0.6) is 5.88 Å². The van der Waals surface area contributed by atoms with Crippen molar-refractivity contribution >= 4 is 56.6 Å². The van der Waals surface area contributed by atoms with Gasteiger partial charge < -0.3 is 15.6 Å². The lowest BCUT2D eigenvalue weighted by Crippen LogP contribution is -2.35. The highest BCUT2D eigenvalue weighted by molar-refractivity contribution is 7.18. The largest absolute Gasteiger partial charge is 0.481 e. The summed E-state index contributed by atoms with van der Waals surface area (Å²) >= 11 is 16.0. The summed E-state index contributed by atoms with van der Waals surface area (Å²) < 4.78 is 6.83. The van der Waals surface area contributed by atoms with E-state index >= 15 is 0 Å². The molecule has 1 unspecified atom stereocenters. The van der Waals surface area contributed by atoms with E-state index in [1.54, 1.807) is 18.4 Å². The van der Waals surface area contributed by atoms with Crippen molar-refractivity contribution in [1.29, 1.82) is 0 Å². The highest BCUT2D eigenvalue weighted by atomic mass is 35.5. The van der Waals surface area contributed by atoms with Gasteiger partial charge in [-0.25, -0.2) is 9.97 Å². The molecule has 10 nitrogen and oxygen atoms in total. The second-order valence-corrected chi connectivity index (χ2v) is 15.5. The number of hydrogen-bond donors (Lipinski definition) is 2. The molecular formula is C39H40Cl2N6O4S. The van der Waals surface area contributed by atoms with Crippen molar-refractivity contribution in [3.63, 3.8) is 0 Å². The number of aliphatic carboxylic acids is 1. The van der Waals surface area contributed by atoms with Gasteiger partial charge in [0.15, 0.2) is 0 Å². The zero-order valence-electron chi connectivity index (χ0n) is 29.1. The molecule has 2 aliphatic rings. The molecule has 0 saturated carbocycles. The molecule has 0 spiro atoms. The van der Waals surface area contributed by atoms with Gasteiger partial charge in [-0.15, -0.1) is 11.3 Å². The van der Waals surface area contributed by atoms with Crippen LogP contribution in [0.15, 0.2) is 54.7 Å². The molecule has 5 heterocycles. The number of carboxylic acid groups (broad SMARTS) is 1.